The smallest absolute Gasteiger partial charge is 0.208 e. The normalized spacial score (nSPS) is 11.5. The molecule has 2 aromatic carbocycles. The average molecular weight is 322 g/mol. The maximum absolute atomic E-state index is 12.3. The van der Waals surface area contributed by atoms with Gasteiger partial charge in [0.2, 0.25) is 9.84 Å². The molecule has 6 heteroatoms. The topological polar surface area (TPSA) is 34.1 Å². The van der Waals surface area contributed by atoms with Gasteiger partial charge in [-0.25, -0.2) is 8.42 Å². The Hall–Kier alpha value is -0.740. The zero-order chi connectivity index (χ0) is 13.3. The van der Waals surface area contributed by atoms with Gasteiger partial charge in [0.05, 0.1) is 24.9 Å². The molecular formula is C12H7Cl3O2S. The Morgan fingerprint density at radius 1 is 0.778 bits per heavy atom. The molecule has 0 aliphatic carbocycles. The number of hydrogen-bond donors (Lipinski definition) is 0. The van der Waals surface area contributed by atoms with Crippen LogP contribution in [0.15, 0.2) is 52.3 Å². The fourth-order valence-corrected chi connectivity index (χ4v) is 3.59. The Kier molecular flexibility index (Phi) is 3.87. The summed E-state index contributed by atoms with van der Waals surface area (Å²) in [4.78, 5) is 0.107. The van der Waals surface area contributed by atoms with Gasteiger partial charge in [0.1, 0.15) is 0 Å². The minimum Gasteiger partial charge on any atom is -0.218 e. The molecule has 0 aromatic heterocycles. The second kappa shape index (κ2) is 5.10. The Bertz CT molecular complexity index is 696. The van der Waals surface area contributed by atoms with Crippen LogP contribution < -0.4 is 0 Å². The third-order valence-corrected chi connectivity index (χ3v) is 5.32. The lowest BCUT2D eigenvalue weighted by Gasteiger charge is -2.07. The number of hydrogen-bond acceptors (Lipinski definition) is 2. The maximum Gasteiger partial charge on any atom is 0.208 e. The van der Waals surface area contributed by atoms with Crippen LogP contribution in [-0.4, -0.2) is 8.42 Å². The van der Waals surface area contributed by atoms with Gasteiger partial charge in [-0.15, -0.1) is 0 Å². The van der Waals surface area contributed by atoms with Gasteiger partial charge in [-0.1, -0.05) is 46.9 Å². The highest BCUT2D eigenvalue weighted by atomic mass is 35.5. The molecule has 0 aliphatic rings. The summed E-state index contributed by atoms with van der Waals surface area (Å²) in [7, 11) is -3.68. The van der Waals surface area contributed by atoms with Crippen LogP contribution in [0.4, 0.5) is 0 Å². The highest BCUT2D eigenvalue weighted by molar-refractivity contribution is 7.91. The fourth-order valence-electron chi connectivity index (χ4n) is 1.43. The van der Waals surface area contributed by atoms with Crippen molar-refractivity contribution < 1.29 is 8.42 Å². The van der Waals surface area contributed by atoms with Gasteiger partial charge in [-0.05, 0) is 30.3 Å². The van der Waals surface area contributed by atoms with E-state index in [-0.39, 0.29) is 19.8 Å². The van der Waals surface area contributed by atoms with Gasteiger partial charge in [0.25, 0.3) is 0 Å². The van der Waals surface area contributed by atoms with Gasteiger partial charge in [0, 0.05) is 0 Å². The average Bonchev–Trinajstić information content (AvgIpc) is 2.33. The van der Waals surface area contributed by atoms with E-state index in [1.165, 1.54) is 30.3 Å². The number of halogens is 3. The molecule has 0 saturated carbocycles. The van der Waals surface area contributed by atoms with E-state index in [4.69, 9.17) is 34.8 Å². The van der Waals surface area contributed by atoms with E-state index < -0.39 is 9.84 Å². The Balaban J connectivity index is 2.62. The molecule has 0 saturated heterocycles. The third kappa shape index (κ3) is 2.50. The first-order valence-electron chi connectivity index (χ1n) is 4.87. The molecule has 0 aliphatic heterocycles. The molecule has 0 spiro atoms. The second-order valence-electron chi connectivity index (χ2n) is 3.51. The molecule has 0 radical (unpaired) electrons. The fraction of sp³-hybridized carbons (Fsp3) is 0. The molecule has 0 N–H and O–H groups in total. The van der Waals surface area contributed by atoms with Gasteiger partial charge in [-0.3, -0.25) is 0 Å². The van der Waals surface area contributed by atoms with Crippen molar-refractivity contribution in [1.82, 2.24) is 0 Å². The van der Waals surface area contributed by atoms with Crippen LogP contribution in [-0.2, 0) is 9.84 Å². The maximum atomic E-state index is 12.3. The van der Waals surface area contributed by atoms with Crippen LogP contribution in [0.25, 0.3) is 0 Å². The zero-order valence-corrected chi connectivity index (χ0v) is 12.0. The SMILES string of the molecule is O=S(=O)(c1ccc(Cl)c(Cl)c1)c1ccccc1Cl. The molecule has 0 unspecified atom stereocenters. The first-order valence-corrected chi connectivity index (χ1v) is 7.49. The van der Waals surface area contributed by atoms with Crippen LogP contribution in [0.3, 0.4) is 0 Å². The van der Waals surface area contributed by atoms with Crippen LogP contribution in [0.2, 0.25) is 15.1 Å². The molecule has 0 atom stereocenters. The monoisotopic (exact) mass is 320 g/mol. The molecule has 94 valence electrons. The lowest BCUT2D eigenvalue weighted by Crippen LogP contribution is -2.02. The molecule has 2 nitrogen and oxygen atoms in total. The van der Waals surface area contributed by atoms with Crippen LogP contribution in [0.5, 0.6) is 0 Å². The molecule has 0 amide bonds. The van der Waals surface area contributed by atoms with Crippen molar-refractivity contribution in [2.75, 3.05) is 0 Å². The quantitative estimate of drug-likeness (QED) is 0.817. The van der Waals surface area contributed by atoms with Gasteiger partial charge in [0.15, 0.2) is 0 Å². The molecule has 0 bridgehead atoms. The number of rotatable bonds is 2. The minimum absolute atomic E-state index is 0.0463. The van der Waals surface area contributed by atoms with Crippen molar-refractivity contribution in [1.29, 1.82) is 0 Å². The molecule has 18 heavy (non-hydrogen) atoms. The van der Waals surface area contributed by atoms with Crippen molar-refractivity contribution in [2.45, 2.75) is 9.79 Å². The van der Waals surface area contributed by atoms with E-state index in [2.05, 4.69) is 0 Å². The highest BCUT2D eigenvalue weighted by Gasteiger charge is 2.21. The molecule has 2 rings (SSSR count). The summed E-state index contributed by atoms with van der Waals surface area (Å²) in [5, 5.41) is 0.656. The molecule has 2 aromatic rings. The molecular weight excluding hydrogens is 315 g/mol. The van der Waals surface area contributed by atoms with E-state index >= 15 is 0 Å². The van der Waals surface area contributed by atoms with Crippen molar-refractivity contribution in [3.05, 3.63) is 57.5 Å². The third-order valence-electron chi connectivity index (χ3n) is 2.33. The summed E-state index contributed by atoms with van der Waals surface area (Å²) < 4.78 is 24.7. The van der Waals surface area contributed by atoms with E-state index in [9.17, 15) is 8.42 Å². The van der Waals surface area contributed by atoms with Gasteiger partial charge >= 0.3 is 0 Å². The van der Waals surface area contributed by atoms with Crippen LogP contribution in [0, 0.1) is 0 Å². The van der Waals surface area contributed by atoms with Crippen molar-refractivity contribution in [3.8, 4) is 0 Å². The summed E-state index contributed by atoms with van der Waals surface area (Å²) in [6.07, 6.45) is 0. The van der Waals surface area contributed by atoms with E-state index in [0.29, 0.717) is 5.02 Å². The molecule has 0 fully saturated rings. The number of sulfone groups is 1. The van der Waals surface area contributed by atoms with Crippen molar-refractivity contribution in [2.24, 2.45) is 0 Å². The largest absolute Gasteiger partial charge is 0.218 e. The molecule has 0 heterocycles. The predicted molar refractivity (Wildman–Crippen MR) is 73.4 cm³/mol. The second-order valence-corrected chi connectivity index (χ2v) is 6.65. The van der Waals surface area contributed by atoms with E-state index in [1.54, 1.807) is 12.1 Å². The summed E-state index contributed by atoms with van der Waals surface area (Å²) >= 11 is 17.5. The minimum atomic E-state index is -3.68. The number of benzene rings is 2. The first-order chi connectivity index (χ1) is 8.43. The lowest BCUT2D eigenvalue weighted by atomic mass is 10.4. The highest BCUT2D eigenvalue weighted by Crippen LogP contribution is 2.31. The van der Waals surface area contributed by atoms with Crippen molar-refractivity contribution >= 4 is 44.6 Å². The summed E-state index contributed by atoms with van der Waals surface area (Å²) in [5.41, 5.74) is 0. The zero-order valence-electron chi connectivity index (χ0n) is 8.90. The first kappa shape index (κ1) is 13.7. The van der Waals surface area contributed by atoms with E-state index in [0.717, 1.165) is 0 Å². The Morgan fingerprint density at radius 2 is 1.44 bits per heavy atom. The van der Waals surface area contributed by atoms with Gasteiger partial charge in [-0.2, -0.15) is 0 Å². The Labute approximate surface area is 120 Å². The van der Waals surface area contributed by atoms with Crippen molar-refractivity contribution in [3.63, 3.8) is 0 Å². The summed E-state index contributed by atoms with van der Waals surface area (Å²) in [6.45, 7) is 0. The predicted octanol–water partition coefficient (Wildman–Crippen LogP) is 4.48. The Morgan fingerprint density at radius 3 is 2.06 bits per heavy atom. The summed E-state index contributed by atoms with van der Waals surface area (Å²) in [5.74, 6) is 0. The van der Waals surface area contributed by atoms with Crippen LogP contribution >= 0.6 is 34.8 Å². The lowest BCUT2D eigenvalue weighted by molar-refractivity contribution is 0.596. The van der Waals surface area contributed by atoms with Gasteiger partial charge < -0.3 is 0 Å². The van der Waals surface area contributed by atoms with Crippen LogP contribution in [0.1, 0.15) is 0 Å². The van der Waals surface area contributed by atoms with E-state index in [1.807, 2.05) is 0 Å². The standard InChI is InChI=1S/C12H7Cl3O2S/c13-9-6-5-8(7-11(9)15)18(16,17)12-4-2-1-3-10(12)14/h1-7H. The summed E-state index contributed by atoms with van der Waals surface area (Å²) in [6, 6.07) is 10.4.